The molecule has 0 spiro atoms. The Kier molecular flexibility index (Phi) is 4.55. The number of hydrogen-bond donors (Lipinski definition) is 1. The van der Waals surface area contributed by atoms with Crippen LogP contribution in [0.1, 0.15) is 12.1 Å². The van der Waals surface area contributed by atoms with Crippen LogP contribution >= 0.6 is 0 Å². The zero-order chi connectivity index (χ0) is 19.0. The van der Waals surface area contributed by atoms with Gasteiger partial charge in [-0.05, 0) is 25.5 Å². The summed E-state index contributed by atoms with van der Waals surface area (Å²) in [6.45, 7) is 2.97. The maximum atomic E-state index is 11.8. The van der Waals surface area contributed by atoms with E-state index < -0.39 is 9.84 Å². The fourth-order valence-electron chi connectivity index (χ4n) is 3.29. The van der Waals surface area contributed by atoms with Crippen molar-refractivity contribution in [2.45, 2.75) is 19.4 Å². The molecule has 8 nitrogen and oxygen atoms in total. The average Bonchev–Trinajstić information content (AvgIpc) is 3.00. The molecule has 2 aliphatic heterocycles. The Bertz CT molecular complexity index is 964. The highest BCUT2D eigenvalue weighted by atomic mass is 32.2. The molecule has 2 aliphatic rings. The number of fused-ring (bicyclic) bond motifs is 1. The number of rotatable bonds is 4. The van der Waals surface area contributed by atoms with Crippen molar-refractivity contribution in [2.75, 3.05) is 42.0 Å². The highest BCUT2D eigenvalue weighted by Crippen LogP contribution is 2.33. The van der Waals surface area contributed by atoms with Crippen LogP contribution in [0.15, 0.2) is 24.3 Å². The van der Waals surface area contributed by atoms with E-state index in [1.807, 2.05) is 43.1 Å². The molecule has 1 aromatic heterocycles. The summed E-state index contributed by atoms with van der Waals surface area (Å²) < 4.78 is 34.7. The molecule has 3 heterocycles. The second kappa shape index (κ2) is 6.88. The monoisotopic (exact) mass is 390 g/mol. The van der Waals surface area contributed by atoms with Gasteiger partial charge in [-0.1, -0.05) is 0 Å². The first-order valence-corrected chi connectivity index (χ1v) is 10.7. The number of aromatic nitrogens is 2. The van der Waals surface area contributed by atoms with Gasteiger partial charge in [0.1, 0.15) is 19.0 Å². The van der Waals surface area contributed by atoms with Crippen LogP contribution < -0.4 is 19.7 Å². The van der Waals surface area contributed by atoms with Crippen molar-refractivity contribution in [3.63, 3.8) is 0 Å². The number of hydrogen-bond acceptors (Lipinski definition) is 8. The van der Waals surface area contributed by atoms with Crippen molar-refractivity contribution >= 4 is 27.3 Å². The van der Waals surface area contributed by atoms with Gasteiger partial charge in [0, 0.05) is 36.6 Å². The van der Waals surface area contributed by atoms with Crippen molar-refractivity contribution in [1.29, 1.82) is 0 Å². The van der Waals surface area contributed by atoms with Crippen LogP contribution in [0.25, 0.3) is 0 Å². The molecule has 1 N–H and O–H groups in total. The number of nitrogens with zero attached hydrogens (tertiary/aromatic N) is 3. The van der Waals surface area contributed by atoms with Gasteiger partial charge in [0.05, 0.1) is 11.5 Å². The molecule has 1 saturated heterocycles. The highest BCUT2D eigenvalue weighted by Gasteiger charge is 2.32. The minimum Gasteiger partial charge on any atom is -0.486 e. The third kappa shape index (κ3) is 3.92. The first kappa shape index (κ1) is 17.8. The lowest BCUT2D eigenvalue weighted by Gasteiger charge is -2.24. The SMILES string of the molecule is Cc1cc(Nc2ccc3c(c2)OCCO3)nc(N(C)C2CCS(=O)(=O)C2)n1. The smallest absolute Gasteiger partial charge is 0.227 e. The van der Waals surface area contributed by atoms with Crippen LogP contribution in [0.2, 0.25) is 0 Å². The summed E-state index contributed by atoms with van der Waals surface area (Å²) in [5, 5.41) is 3.27. The predicted molar refractivity (Wildman–Crippen MR) is 103 cm³/mol. The number of sulfone groups is 1. The fraction of sp³-hybridized carbons (Fsp3) is 0.444. The van der Waals surface area contributed by atoms with Gasteiger partial charge in [-0.25, -0.2) is 13.4 Å². The van der Waals surface area contributed by atoms with E-state index in [0.717, 1.165) is 17.1 Å². The Hall–Kier alpha value is -2.55. The second-order valence-corrected chi connectivity index (χ2v) is 9.07. The molecule has 4 rings (SSSR count). The summed E-state index contributed by atoms with van der Waals surface area (Å²) in [6.07, 6.45) is 0.598. The van der Waals surface area contributed by atoms with E-state index in [9.17, 15) is 8.42 Å². The zero-order valence-electron chi connectivity index (χ0n) is 15.3. The Morgan fingerprint density at radius 3 is 2.67 bits per heavy atom. The number of ether oxygens (including phenoxy) is 2. The van der Waals surface area contributed by atoms with Gasteiger partial charge in [-0.2, -0.15) is 4.98 Å². The number of benzene rings is 1. The van der Waals surface area contributed by atoms with Crippen LogP contribution in [-0.2, 0) is 9.84 Å². The lowest BCUT2D eigenvalue weighted by atomic mass is 10.2. The number of anilines is 3. The normalized spacial score (nSPS) is 20.3. The molecule has 1 unspecified atom stereocenters. The van der Waals surface area contributed by atoms with E-state index in [-0.39, 0.29) is 17.5 Å². The maximum absolute atomic E-state index is 11.8. The molecule has 0 aliphatic carbocycles. The Balaban J connectivity index is 1.56. The number of nitrogens with one attached hydrogen (secondary N) is 1. The van der Waals surface area contributed by atoms with Crippen LogP contribution in [-0.4, -0.2) is 56.2 Å². The lowest BCUT2D eigenvalue weighted by Crippen LogP contribution is -2.34. The van der Waals surface area contributed by atoms with Crippen molar-refractivity contribution in [3.05, 3.63) is 30.0 Å². The van der Waals surface area contributed by atoms with Crippen LogP contribution in [0, 0.1) is 6.92 Å². The van der Waals surface area contributed by atoms with Crippen molar-refractivity contribution in [2.24, 2.45) is 0 Å². The summed E-state index contributed by atoms with van der Waals surface area (Å²) in [5.74, 6) is 2.94. The molecule has 27 heavy (non-hydrogen) atoms. The highest BCUT2D eigenvalue weighted by molar-refractivity contribution is 7.91. The molecule has 1 aromatic carbocycles. The van der Waals surface area contributed by atoms with E-state index in [1.165, 1.54) is 0 Å². The molecule has 1 fully saturated rings. The van der Waals surface area contributed by atoms with Gasteiger partial charge in [0.2, 0.25) is 5.95 Å². The molecule has 0 bridgehead atoms. The van der Waals surface area contributed by atoms with E-state index in [4.69, 9.17) is 9.47 Å². The first-order valence-electron chi connectivity index (χ1n) is 8.85. The zero-order valence-corrected chi connectivity index (χ0v) is 16.1. The van der Waals surface area contributed by atoms with Crippen LogP contribution in [0.4, 0.5) is 17.5 Å². The Morgan fingerprint density at radius 1 is 1.15 bits per heavy atom. The lowest BCUT2D eigenvalue weighted by molar-refractivity contribution is 0.171. The largest absolute Gasteiger partial charge is 0.486 e. The first-order chi connectivity index (χ1) is 12.9. The van der Waals surface area contributed by atoms with Crippen molar-refractivity contribution < 1.29 is 17.9 Å². The van der Waals surface area contributed by atoms with Gasteiger partial charge in [0.15, 0.2) is 21.3 Å². The Labute approximate surface area is 158 Å². The molecule has 9 heteroatoms. The topological polar surface area (TPSA) is 93.6 Å². The molecule has 0 saturated carbocycles. The van der Waals surface area contributed by atoms with Crippen molar-refractivity contribution in [3.8, 4) is 11.5 Å². The van der Waals surface area contributed by atoms with Crippen molar-refractivity contribution in [1.82, 2.24) is 9.97 Å². The van der Waals surface area contributed by atoms with Gasteiger partial charge in [-0.15, -0.1) is 0 Å². The molecule has 1 atom stereocenters. The Morgan fingerprint density at radius 2 is 1.93 bits per heavy atom. The quantitative estimate of drug-likeness (QED) is 0.846. The van der Waals surface area contributed by atoms with E-state index in [1.54, 1.807) is 0 Å². The van der Waals surface area contributed by atoms with Gasteiger partial charge in [-0.3, -0.25) is 0 Å². The molecule has 0 amide bonds. The van der Waals surface area contributed by atoms with E-state index in [2.05, 4.69) is 15.3 Å². The van der Waals surface area contributed by atoms with Gasteiger partial charge >= 0.3 is 0 Å². The molecule has 2 aromatic rings. The second-order valence-electron chi connectivity index (χ2n) is 6.85. The third-order valence-electron chi connectivity index (χ3n) is 4.73. The van der Waals surface area contributed by atoms with Crippen LogP contribution in [0.3, 0.4) is 0 Å². The molecular formula is C18H22N4O4S. The minimum atomic E-state index is -2.96. The van der Waals surface area contributed by atoms with Crippen LogP contribution in [0.5, 0.6) is 11.5 Å². The van der Waals surface area contributed by atoms with E-state index >= 15 is 0 Å². The summed E-state index contributed by atoms with van der Waals surface area (Å²) in [7, 11) is -1.12. The molecule has 144 valence electrons. The maximum Gasteiger partial charge on any atom is 0.227 e. The average molecular weight is 390 g/mol. The molecular weight excluding hydrogens is 368 g/mol. The molecule has 0 radical (unpaired) electrons. The predicted octanol–water partition coefficient (Wildman–Crippen LogP) is 1.92. The minimum absolute atomic E-state index is 0.0982. The number of aryl methyl sites for hydroxylation is 1. The summed E-state index contributed by atoms with van der Waals surface area (Å²) in [6, 6.07) is 7.39. The van der Waals surface area contributed by atoms with E-state index in [0.29, 0.717) is 37.2 Å². The summed E-state index contributed by atoms with van der Waals surface area (Å²) >= 11 is 0. The summed E-state index contributed by atoms with van der Waals surface area (Å²) in [5.41, 5.74) is 1.63. The van der Waals surface area contributed by atoms with Gasteiger partial charge in [0.25, 0.3) is 0 Å². The third-order valence-corrected chi connectivity index (χ3v) is 6.48. The standard InChI is InChI=1S/C18H22N4O4S/c1-12-9-17(20-13-3-4-15-16(10-13)26-7-6-25-15)21-18(19-12)22(2)14-5-8-27(23,24)11-14/h3-4,9-10,14H,5-8,11H2,1-2H3,(H,19,20,21). The summed E-state index contributed by atoms with van der Waals surface area (Å²) in [4.78, 5) is 10.9. The van der Waals surface area contributed by atoms with Gasteiger partial charge < -0.3 is 19.7 Å². The fourth-order valence-corrected chi connectivity index (χ4v) is 5.06.